The Morgan fingerprint density at radius 1 is 1.41 bits per heavy atom. The van der Waals surface area contributed by atoms with Crippen LogP contribution in [0.5, 0.6) is 0 Å². The Bertz CT molecular complexity index is 549. The van der Waals surface area contributed by atoms with Gasteiger partial charge in [0, 0.05) is 0 Å². The molecule has 0 saturated heterocycles. The summed E-state index contributed by atoms with van der Waals surface area (Å²) >= 11 is 0. The number of rotatable bonds is 3. The molecular weight excluding hydrogens is 248 g/mol. The molecule has 1 rings (SSSR count). The number of hydrogen-bond acceptors (Lipinski definition) is 3. The van der Waals surface area contributed by atoms with Crippen molar-refractivity contribution in [1.29, 1.82) is 0 Å². The largest absolute Gasteiger partial charge is 0.364 e. The van der Waals surface area contributed by atoms with E-state index in [9.17, 15) is 13.3 Å². The van der Waals surface area contributed by atoms with Gasteiger partial charge in [-0.25, -0.2) is 5.21 Å². The Kier molecular flexibility index (Phi) is 3.63. The predicted molar refractivity (Wildman–Crippen MR) is 58.5 cm³/mol. The van der Waals surface area contributed by atoms with Gasteiger partial charge in [0.25, 0.3) is 16.0 Å². The zero-order chi connectivity index (χ0) is 13.1. The highest BCUT2D eigenvalue weighted by molar-refractivity contribution is 7.90. The smallest absolute Gasteiger partial charge is 0.362 e. The molecule has 1 aromatic carbocycles. The van der Waals surface area contributed by atoms with Gasteiger partial charge in [-0.2, -0.15) is 8.42 Å². The van der Waals surface area contributed by atoms with Gasteiger partial charge in [0.05, 0.1) is 4.90 Å². The maximum Gasteiger partial charge on any atom is 0.362 e. The zero-order valence-corrected chi connectivity index (χ0v) is 9.68. The second-order valence-corrected chi connectivity index (χ2v) is 4.75. The van der Waals surface area contributed by atoms with E-state index >= 15 is 0 Å². The summed E-state index contributed by atoms with van der Waals surface area (Å²) in [5, 5.41) is 7.49. The van der Waals surface area contributed by atoms with Gasteiger partial charge in [-0.3, -0.25) is 0 Å². The molecule has 9 heteroatoms. The van der Waals surface area contributed by atoms with Gasteiger partial charge >= 0.3 is 5.03 Å². The average Bonchev–Trinajstić information content (AvgIpc) is 2.15. The minimum Gasteiger partial charge on any atom is -0.364 e. The Balaban J connectivity index is 3.04. The first-order valence-corrected chi connectivity index (χ1v) is 5.85. The second-order valence-electron chi connectivity index (χ2n) is 3.15. The highest BCUT2D eigenvalue weighted by atomic mass is 32.2. The summed E-state index contributed by atoms with van der Waals surface area (Å²) in [6.07, 6.45) is 0. The topological polar surface area (TPSA) is 125 Å². The molecule has 0 aliphatic heterocycles. The molecule has 0 aliphatic carbocycles. The summed E-state index contributed by atoms with van der Waals surface area (Å²) < 4.78 is 26.4. The third-order valence-corrected chi connectivity index (χ3v) is 3.05. The van der Waals surface area contributed by atoms with Crippen molar-refractivity contribution in [2.45, 2.75) is 11.8 Å². The van der Waals surface area contributed by atoms with E-state index in [0.717, 1.165) is 5.56 Å². The van der Waals surface area contributed by atoms with Crippen LogP contribution in [0.25, 0.3) is 0 Å². The van der Waals surface area contributed by atoms with Crippen molar-refractivity contribution in [3.8, 4) is 0 Å². The monoisotopic (exact) mass is 259 g/mol. The highest BCUT2D eigenvalue weighted by Gasteiger charge is 2.15. The van der Waals surface area contributed by atoms with E-state index in [1.807, 2.05) is 0 Å². The average molecular weight is 259 g/mol. The molecule has 0 fully saturated rings. The van der Waals surface area contributed by atoms with Crippen molar-refractivity contribution in [2.24, 2.45) is 10.1 Å². The lowest BCUT2D eigenvalue weighted by molar-refractivity contribution is -0.822. The Hall–Kier alpha value is -2.16. The molecule has 0 amide bonds. The fourth-order valence-corrected chi connectivity index (χ4v) is 1.90. The first kappa shape index (κ1) is 12.9. The fraction of sp³-hybridized carbons (Fsp3) is 0.125. The van der Waals surface area contributed by atoms with Crippen LogP contribution >= 0.6 is 0 Å². The summed E-state index contributed by atoms with van der Waals surface area (Å²) in [6.45, 7) is 1.80. The third-order valence-electron chi connectivity index (χ3n) is 1.75. The maximum atomic E-state index is 11.6. The lowest BCUT2D eigenvalue weighted by Gasteiger charge is -1.99. The number of hydrogen-bond donors (Lipinski definition) is 3. The lowest BCUT2D eigenvalue weighted by atomic mass is 10.2. The van der Waals surface area contributed by atoms with Crippen LogP contribution in [0, 0.1) is 11.8 Å². The fourth-order valence-electron chi connectivity index (χ4n) is 1.01. The number of hydrazine groups is 1. The molecule has 0 atom stereocenters. The van der Waals surface area contributed by atoms with Gasteiger partial charge in [0.15, 0.2) is 0 Å². The number of sulfonamides is 1. The molecule has 0 saturated carbocycles. The zero-order valence-electron chi connectivity index (χ0n) is 8.86. The van der Waals surface area contributed by atoms with Crippen LogP contribution in [0.4, 0.5) is 0 Å². The van der Waals surface area contributed by atoms with Gasteiger partial charge in [-0.15, -0.1) is 4.40 Å². The van der Waals surface area contributed by atoms with E-state index < -0.39 is 21.0 Å². The molecule has 0 heterocycles. The van der Waals surface area contributed by atoms with E-state index in [1.54, 1.807) is 24.5 Å². The molecule has 0 aromatic heterocycles. The molecule has 4 N–H and O–H groups in total. The molecule has 8 nitrogen and oxygen atoms in total. The molecule has 0 bridgehead atoms. The van der Waals surface area contributed by atoms with Crippen molar-refractivity contribution in [2.75, 3.05) is 0 Å². The van der Waals surface area contributed by atoms with E-state index in [-0.39, 0.29) is 4.90 Å². The minimum absolute atomic E-state index is 0.0664. The van der Waals surface area contributed by atoms with Crippen LogP contribution < -0.4 is 11.2 Å². The molecular formula is C8H11N4O4S+. The van der Waals surface area contributed by atoms with E-state index in [0.29, 0.717) is 0 Å². The number of aryl methyl sites for hydroxylation is 1. The van der Waals surface area contributed by atoms with Gasteiger partial charge in [0.2, 0.25) is 0 Å². The van der Waals surface area contributed by atoms with Crippen LogP contribution in [0.3, 0.4) is 0 Å². The van der Waals surface area contributed by atoms with Crippen molar-refractivity contribution in [3.63, 3.8) is 0 Å². The maximum absolute atomic E-state index is 11.6. The molecule has 0 aliphatic rings. The highest BCUT2D eigenvalue weighted by Crippen LogP contribution is 2.12. The number of benzene rings is 1. The molecule has 1 aromatic rings. The summed E-state index contributed by atoms with van der Waals surface area (Å²) in [6, 6.07) is 5.90. The van der Waals surface area contributed by atoms with Gasteiger partial charge in [0.1, 0.15) is 4.91 Å². The SMILES string of the molecule is Cc1ccc(S(=O)(=O)/N=C(\N)N[N+](=O)O)cc1. The summed E-state index contributed by atoms with van der Waals surface area (Å²) in [5.41, 5.74) is 7.54. The molecule has 17 heavy (non-hydrogen) atoms. The second kappa shape index (κ2) is 4.78. The van der Waals surface area contributed by atoms with Crippen LogP contribution in [0.1, 0.15) is 5.56 Å². The third kappa shape index (κ3) is 3.72. The number of nitrogens with two attached hydrogens (primary N) is 1. The standard InChI is InChI=1S/C8H11N4O4S/c1-6-2-4-7(5-3-6)17(15,16)11-8(9)10-12(13)14/h2-5H,1H3,(H,13,14)(H3,9,10,11)/q+1. The van der Waals surface area contributed by atoms with E-state index in [2.05, 4.69) is 4.40 Å². The van der Waals surface area contributed by atoms with E-state index in [4.69, 9.17) is 10.9 Å². The Morgan fingerprint density at radius 3 is 2.41 bits per heavy atom. The molecule has 0 spiro atoms. The van der Waals surface area contributed by atoms with Crippen molar-refractivity contribution >= 4 is 16.0 Å². The van der Waals surface area contributed by atoms with Gasteiger partial charge in [-0.05, 0) is 24.5 Å². The number of nitrogens with zero attached hydrogens (tertiary/aromatic N) is 2. The summed E-state index contributed by atoms with van der Waals surface area (Å²) in [4.78, 5) is 10.1. The van der Waals surface area contributed by atoms with Crippen molar-refractivity contribution in [3.05, 3.63) is 34.7 Å². The van der Waals surface area contributed by atoms with Crippen LogP contribution in [-0.2, 0) is 10.0 Å². The Labute approximate surface area is 97.3 Å². The predicted octanol–water partition coefficient (Wildman–Crippen LogP) is -0.329. The van der Waals surface area contributed by atoms with E-state index in [1.165, 1.54) is 12.1 Å². The number of nitrogens with one attached hydrogen (secondary N) is 1. The van der Waals surface area contributed by atoms with Crippen molar-refractivity contribution < 1.29 is 18.7 Å². The van der Waals surface area contributed by atoms with Crippen LogP contribution in [0.2, 0.25) is 0 Å². The molecule has 0 radical (unpaired) electrons. The first-order valence-electron chi connectivity index (χ1n) is 4.41. The van der Waals surface area contributed by atoms with Crippen molar-refractivity contribution in [1.82, 2.24) is 5.43 Å². The van der Waals surface area contributed by atoms with Gasteiger partial charge < -0.3 is 5.73 Å². The normalized spacial score (nSPS) is 12.2. The lowest BCUT2D eigenvalue weighted by Crippen LogP contribution is -2.37. The minimum atomic E-state index is -4.00. The molecule has 92 valence electrons. The molecule has 0 unspecified atom stereocenters. The Morgan fingerprint density at radius 2 is 1.94 bits per heavy atom. The van der Waals surface area contributed by atoms with Gasteiger partial charge in [-0.1, -0.05) is 17.7 Å². The first-order chi connectivity index (χ1) is 7.81. The summed E-state index contributed by atoms with van der Waals surface area (Å²) in [7, 11) is -4.00. The van der Waals surface area contributed by atoms with Crippen LogP contribution in [-0.4, -0.2) is 24.6 Å². The van der Waals surface area contributed by atoms with Crippen LogP contribution in [0.15, 0.2) is 33.6 Å². The summed E-state index contributed by atoms with van der Waals surface area (Å²) in [5.74, 6) is -0.733. The number of guanidine groups is 1. The quantitative estimate of drug-likeness (QED) is 0.388.